The molecule has 9 nitrogen and oxygen atoms in total. The fourth-order valence-electron chi connectivity index (χ4n) is 2.91. The normalized spacial score (nSPS) is 16.1. The molecular formula is C19H31N5O4S. The van der Waals surface area contributed by atoms with E-state index in [1.807, 2.05) is 49.1 Å². The van der Waals surface area contributed by atoms with Gasteiger partial charge in [-0.05, 0) is 26.0 Å². The Morgan fingerprint density at radius 1 is 1.17 bits per heavy atom. The van der Waals surface area contributed by atoms with Crippen LogP contribution < -0.4 is 10.6 Å². The highest BCUT2D eigenvalue weighted by atomic mass is 32.2. The molecule has 1 heterocycles. The average Bonchev–Trinajstić information content (AvgIpc) is 2.69. The van der Waals surface area contributed by atoms with Crippen LogP contribution in [-0.4, -0.2) is 87.7 Å². The third-order valence-corrected chi connectivity index (χ3v) is 6.23. The van der Waals surface area contributed by atoms with E-state index in [4.69, 9.17) is 4.74 Å². The molecular weight excluding hydrogens is 394 g/mol. The zero-order chi connectivity index (χ0) is 21.3. The highest BCUT2D eigenvalue weighted by Gasteiger charge is 2.28. The van der Waals surface area contributed by atoms with Crippen molar-refractivity contribution >= 4 is 27.6 Å². The fraction of sp³-hybridized carbons (Fsp3) is 0.579. The highest BCUT2D eigenvalue weighted by Crippen LogP contribution is 2.09. The zero-order valence-electron chi connectivity index (χ0n) is 17.3. The van der Waals surface area contributed by atoms with Crippen molar-refractivity contribution < 1.29 is 17.9 Å². The van der Waals surface area contributed by atoms with E-state index < -0.39 is 10.0 Å². The molecule has 1 saturated heterocycles. The van der Waals surface area contributed by atoms with Crippen molar-refractivity contribution in [1.29, 1.82) is 0 Å². The number of piperazine rings is 1. The summed E-state index contributed by atoms with van der Waals surface area (Å²) in [6.07, 6.45) is 0.00976. The summed E-state index contributed by atoms with van der Waals surface area (Å²) in [5, 5.41) is 5.84. The molecule has 2 rings (SSSR count). The molecule has 1 aliphatic heterocycles. The number of sulfonamides is 1. The molecule has 1 aliphatic rings. The van der Waals surface area contributed by atoms with Gasteiger partial charge >= 0.3 is 0 Å². The third kappa shape index (κ3) is 7.64. The van der Waals surface area contributed by atoms with Gasteiger partial charge in [0, 0.05) is 38.9 Å². The first-order chi connectivity index (χ1) is 13.8. The van der Waals surface area contributed by atoms with Gasteiger partial charge in [0.15, 0.2) is 5.96 Å². The molecule has 0 unspecified atom stereocenters. The maximum Gasteiger partial charge on any atom is 0.243 e. The minimum absolute atomic E-state index is 0.00976. The molecule has 162 valence electrons. The van der Waals surface area contributed by atoms with Gasteiger partial charge in [0.2, 0.25) is 15.9 Å². The number of anilines is 1. The van der Waals surface area contributed by atoms with Crippen LogP contribution in [0.2, 0.25) is 0 Å². The molecule has 0 spiro atoms. The Kier molecular flexibility index (Phi) is 8.87. The number of carbonyl (C=O) groups is 1. The van der Waals surface area contributed by atoms with Crippen molar-refractivity contribution in [2.75, 3.05) is 57.4 Å². The van der Waals surface area contributed by atoms with Crippen molar-refractivity contribution in [3.05, 3.63) is 30.3 Å². The number of guanidine groups is 1. The van der Waals surface area contributed by atoms with Crippen molar-refractivity contribution in [2.24, 2.45) is 4.99 Å². The van der Waals surface area contributed by atoms with Gasteiger partial charge in [0.05, 0.1) is 25.0 Å². The fourth-order valence-corrected chi connectivity index (χ4v) is 4.20. The molecule has 0 aliphatic carbocycles. The largest absolute Gasteiger partial charge is 0.378 e. The van der Waals surface area contributed by atoms with Crippen LogP contribution in [0.5, 0.6) is 0 Å². The van der Waals surface area contributed by atoms with Crippen molar-refractivity contribution in [3.63, 3.8) is 0 Å². The Balaban J connectivity index is 1.78. The molecule has 10 heteroatoms. The molecule has 1 aromatic carbocycles. The first kappa shape index (κ1) is 23.1. The molecule has 0 aromatic heterocycles. The summed E-state index contributed by atoms with van der Waals surface area (Å²) in [6, 6.07) is 9.22. The van der Waals surface area contributed by atoms with Gasteiger partial charge in [-0.3, -0.25) is 9.79 Å². The highest BCUT2D eigenvalue weighted by molar-refractivity contribution is 7.89. The maximum atomic E-state index is 12.4. The molecule has 0 bridgehead atoms. The smallest absolute Gasteiger partial charge is 0.243 e. The van der Waals surface area contributed by atoms with Gasteiger partial charge in [-0.25, -0.2) is 8.42 Å². The Hall–Kier alpha value is -2.17. The summed E-state index contributed by atoms with van der Waals surface area (Å²) >= 11 is 0. The SMILES string of the molecule is CN=C(NCC(=O)Nc1ccccc1)N1CCN(S(=O)(=O)CCOC(C)C)CC1. The predicted molar refractivity (Wildman–Crippen MR) is 114 cm³/mol. The topological polar surface area (TPSA) is 103 Å². The van der Waals surface area contributed by atoms with E-state index in [0.717, 1.165) is 5.69 Å². The second-order valence-electron chi connectivity index (χ2n) is 6.94. The van der Waals surface area contributed by atoms with E-state index in [2.05, 4.69) is 15.6 Å². The number of hydrogen-bond donors (Lipinski definition) is 2. The van der Waals surface area contributed by atoms with E-state index in [1.54, 1.807) is 7.05 Å². The molecule has 1 amide bonds. The summed E-state index contributed by atoms with van der Waals surface area (Å²) < 4.78 is 31.7. The third-order valence-electron chi connectivity index (χ3n) is 4.40. The number of benzene rings is 1. The minimum Gasteiger partial charge on any atom is -0.378 e. The summed E-state index contributed by atoms with van der Waals surface area (Å²) in [7, 11) is -1.70. The van der Waals surface area contributed by atoms with Crippen LogP contribution in [0.25, 0.3) is 0 Å². The molecule has 1 aromatic rings. The number of rotatable bonds is 8. The molecule has 0 atom stereocenters. The van der Waals surface area contributed by atoms with Crippen LogP contribution in [0.3, 0.4) is 0 Å². The zero-order valence-corrected chi connectivity index (χ0v) is 18.1. The number of ether oxygens (including phenoxy) is 1. The van der Waals surface area contributed by atoms with E-state index >= 15 is 0 Å². The number of nitrogens with one attached hydrogen (secondary N) is 2. The number of para-hydroxylation sites is 1. The number of carbonyl (C=O) groups excluding carboxylic acids is 1. The Bertz CT molecular complexity index is 775. The second kappa shape index (κ2) is 11.1. The lowest BCUT2D eigenvalue weighted by atomic mass is 10.3. The summed E-state index contributed by atoms with van der Waals surface area (Å²) in [5.74, 6) is 0.384. The van der Waals surface area contributed by atoms with Gasteiger partial charge < -0.3 is 20.3 Å². The lowest BCUT2D eigenvalue weighted by molar-refractivity contribution is -0.115. The molecule has 0 radical (unpaired) electrons. The first-order valence-electron chi connectivity index (χ1n) is 9.71. The van der Waals surface area contributed by atoms with E-state index in [9.17, 15) is 13.2 Å². The van der Waals surface area contributed by atoms with Crippen LogP contribution in [0, 0.1) is 0 Å². The molecule has 0 saturated carbocycles. The average molecular weight is 426 g/mol. The van der Waals surface area contributed by atoms with Crippen molar-refractivity contribution in [1.82, 2.24) is 14.5 Å². The van der Waals surface area contributed by atoms with Gasteiger partial charge in [-0.1, -0.05) is 18.2 Å². The Labute approximate surface area is 173 Å². The van der Waals surface area contributed by atoms with Gasteiger partial charge in [-0.15, -0.1) is 0 Å². The van der Waals surface area contributed by atoms with Crippen molar-refractivity contribution in [2.45, 2.75) is 20.0 Å². The lowest BCUT2D eigenvalue weighted by Crippen LogP contribution is -2.54. The van der Waals surface area contributed by atoms with E-state index in [-0.39, 0.29) is 30.9 Å². The molecule has 29 heavy (non-hydrogen) atoms. The Morgan fingerprint density at radius 3 is 2.41 bits per heavy atom. The molecule has 2 N–H and O–H groups in total. The summed E-state index contributed by atoms with van der Waals surface area (Å²) in [4.78, 5) is 18.3. The monoisotopic (exact) mass is 425 g/mol. The van der Waals surface area contributed by atoms with Gasteiger partial charge in [-0.2, -0.15) is 4.31 Å². The predicted octanol–water partition coefficient (Wildman–Crippen LogP) is 0.573. The van der Waals surface area contributed by atoms with Crippen LogP contribution in [0.4, 0.5) is 5.69 Å². The number of amides is 1. The Morgan fingerprint density at radius 2 is 1.83 bits per heavy atom. The van der Waals surface area contributed by atoms with E-state index in [1.165, 1.54) is 4.31 Å². The van der Waals surface area contributed by atoms with Crippen LogP contribution in [0.15, 0.2) is 35.3 Å². The summed E-state index contributed by atoms with van der Waals surface area (Å²) in [5.41, 5.74) is 0.731. The minimum atomic E-state index is -3.34. The van der Waals surface area contributed by atoms with Crippen LogP contribution in [0.1, 0.15) is 13.8 Å². The van der Waals surface area contributed by atoms with Gasteiger partial charge in [0.1, 0.15) is 0 Å². The number of hydrogen-bond acceptors (Lipinski definition) is 5. The van der Waals surface area contributed by atoms with Crippen LogP contribution in [-0.2, 0) is 19.6 Å². The van der Waals surface area contributed by atoms with Crippen molar-refractivity contribution in [3.8, 4) is 0 Å². The van der Waals surface area contributed by atoms with Gasteiger partial charge in [0.25, 0.3) is 0 Å². The van der Waals surface area contributed by atoms with E-state index in [0.29, 0.717) is 32.1 Å². The standard InChI is InChI=1S/C19H31N5O4S/c1-16(2)28-13-14-29(26,27)24-11-9-23(10-12-24)19(20-3)21-15-18(25)22-17-7-5-4-6-8-17/h4-8,16H,9-15H2,1-3H3,(H,20,21)(H,22,25). The summed E-state index contributed by atoms with van der Waals surface area (Å²) in [6.45, 7) is 5.79. The molecule has 1 fully saturated rings. The quantitative estimate of drug-likeness (QED) is 0.466. The number of aliphatic imine (C=N–C) groups is 1. The van der Waals surface area contributed by atoms with Crippen LogP contribution >= 0.6 is 0 Å². The second-order valence-corrected chi connectivity index (χ2v) is 9.03. The first-order valence-corrected chi connectivity index (χ1v) is 11.3. The number of nitrogens with zero attached hydrogens (tertiary/aromatic N) is 3. The maximum absolute atomic E-state index is 12.4. The lowest BCUT2D eigenvalue weighted by Gasteiger charge is -2.35.